The number of para-hydroxylation sites is 2. The maximum absolute atomic E-state index is 13.9. The van der Waals surface area contributed by atoms with Gasteiger partial charge in [0.15, 0.2) is 0 Å². The molecule has 0 N–H and O–H groups in total. The largest absolute Gasteiger partial charge is 0.296 e. The van der Waals surface area contributed by atoms with Gasteiger partial charge in [-0.25, -0.2) is 4.39 Å². The first kappa shape index (κ1) is 14.7. The quantitative estimate of drug-likeness (QED) is 0.525. The summed E-state index contributed by atoms with van der Waals surface area (Å²) in [4.78, 5) is 0. The van der Waals surface area contributed by atoms with Gasteiger partial charge in [-0.3, -0.25) is 8.61 Å². The molecule has 2 aromatic rings. The number of alkyl halides is 1. The summed E-state index contributed by atoms with van der Waals surface area (Å²) in [5.74, 6) is -0.163. The van der Waals surface area contributed by atoms with Crippen LogP contribution in [0.2, 0.25) is 0 Å². The van der Waals surface area contributed by atoms with Crippen molar-refractivity contribution in [3.63, 3.8) is 0 Å². The minimum Gasteiger partial charge on any atom is -0.296 e. The van der Waals surface area contributed by atoms with Crippen LogP contribution in [0.5, 0.6) is 0 Å². The van der Waals surface area contributed by atoms with Crippen LogP contribution >= 0.6 is 28.1 Å². The Kier molecular flexibility index (Phi) is 4.40. The van der Waals surface area contributed by atoms with Gasteiger partial charge in [-0.2, -0.15) is 0 Å². The molecule has 0 fully saturated rings. The molecule has 1 aliphatic heterocycles. The van der Waals surface area contributed by atoms with Gasteiger partial charge in [0.1, 0.15) is 5.82 Å². The van der Waals surface area contributed by atoms with Gasteiger partial charge in [0.05, 0.1) is 29.2 Å². The van der Waals surface area contributed by atoms with Gasteiger partial charge in [0, 0.05) is 17.4 Å². The average Bonchev–Trinajstić information content (AvgIpc) is 2.87. The number of fused-ring (bicyclic) bond motifs is 1. The van der Waals surface area contributed by atoms with E-state index in [4.69, 9.17) is 0 Å². The molecule has 0 saturated heterocycles. The summed E-state index contributed by atoms with van der Waals surface area (Å²) < 4.78 is 18.2. The lowest BCUT2D eigenvalue weighted by Gasteiger charge is -2.21. The SMILES string of the molecule is Cc1c(F)cccc1N1SN(CCCBr)c2ccccc21. The molecule has 0 saturated carbocycles. The highest BCUT2D eigenvalue weighted by Gasteiger charge is 2.29. The maximum atomic E-state index is 13.9. The molecule has 3 rings (SSSR count). The van der Waals surface area contributed by atoms with E-state index in [1.165, 1.54) is 11.8 Å². The highest BCUT2D eigenvalue weighted by atomic mass is 79.9. The number of anilines is 3. The zero-order chi connectivity index (χ0) is 14.8. The third kappa shape index (κ3) is 2.77. The normalized spacial score (nSPS) is 13.7. The zero-order valence-corrected chi connectivity index (χ0v) is 14.1. The molecule has 0 amide bonds. The molecular formula is C16H16BrFN2S. The fourth-order valence-electron chi connectivity index (χ4n) is 2.39. The molecule has 0 radical (unpaired) electrons. The van der Waals surface area contributed by atoms with Gasteiger partial charge < -0.3 is 0 Å². The number of halogens is 2. The molecule has 0 atom stereocenters. The molecule has 0 aromatic heterocycles. The highest BCUT2D eigenvalue weighted by Crippen LogP contribution is 2.49. The van der Waals surface area contributed by atoms with Crippen LogP contribution in [0.15, 0.2) is 42.5 Å². The van der Waals surface area contributed by atoms with Gasteiger partial charge in [-0.15, -0.1) is 0 Å². The van der Waals surface area contributed by atoms with Crippen molar-refractivity contribution in [2.45, 2.75) is 13.3 Å². The van der Waals surface area contributed by atoms with Crippen LogP contribution < -0.4 is 8.61 Å². The average molecular weight is 367 g/mol. The van der Waals surface area contributed by atoms with Crippen LogP contribution in [0.4, 0.5) is 21.5 Å². The van der Waals surface area contributed by atoms with Crippen molar-refractivity contribution in [3.05, 3.63) is 53.8 Å². The van der Waals surface area contributed by atoms with E-state index >= 15 is 0 Å². The lowest BCUT2D eigenvalue weighted by molar-refractivity contribution is 0.619. The number of benzene rings is 2. The minimum atomic E-state index is -0.163. The molecule has 5 heteroatoms. The van der Waals surface area contributed by atoms with Gasteiger partial charge in [0.25, 0.3) is 0 Å². The van der Waals surface area contributed by atoms with Gasteiger partial charge >= 0.3 is 0 Å². The van der Waals surface area contributed by atoms with E-state index in [-0.39, 0.29) is 5.82 Å². The fraction of sp³-hybridized carbons (Fsp3) is 0.250. The lowest BCUT2D eigenvalue weighted by Crippen LogP contribution is -2.15. The summed E-state index contributed by atoms with van der Waals surface area (Å²) in [6, 6.07) is 13.5. The Bertz CT molecular complexity index is 650. The Morgan fingerprint density at radius 2 is 1.76 bits per heavy atom. The Morgan fingerprint density at radius 3 is 2.52 bits per heavy atom. The monoisotopic (exact) mass is 366 g/mol. The molecule has 110 valence electrons. The van der Waals surface area contributed by atoms with Crippen LogP contribution in [-0.2, 0) is 0 Å². The molecule has 21 heavy (non-hydrogen) atoms. The predicted molar refractivity (Wildman–Crippen MR) is 93.1 cm³/mol. The van der Waals surface area contributed by atoms with E-state index in [0.717, 1.165) is 29.7 Å². The highest BCUT2D eigenvalue weighted by molar-refractivity contribution is 9.09. The van der Waals surface area contributed by atoms with Crippen LogP contribution in [-0.4, -0.2) is 11.9 Å². The first-order valence-electron chi connectivity index (χ1n) is 6.88. The van der Waals surface area contributed by atoms with Crippen LogP contribution in [0.25, 0.3) is 0 Å². The second-order valence-electron chi connectivity index (χ2n) is 4.89. The molecular weight excluding hydrogens is 351 g/mol. The number of hydrogen-bond acceptors (Lipinski definition) is 3. The molecule has 2 aromatic carbocycles. The van der Waals surface area contributed by atoms with Gasteiger partial charge in [0.2, 0.25) is 0 Å². The first-order valence-corrected chi connectivity index (χ1v) is 8.73. The Labute approximate surface area is 137 Å². The second kappa shape index (κ2) is 6.28. The lowest BCUT2D eigenvalue weighted by atomic mass is 10.1. The van der Waals surface area contributed by atoms with Crippen molar-refractivity contribution >= 4 is 45.1 Å². The third-order valence-electron chi connectivity index (χ3n) is 3.50. The van der Waals surface area contributed by atoms with Crippen molar-refractivity contribution in [1.82, 2.24) is 0 Å². The molecule has 0 aliphatic carbocycles. The van der Waals surface area contributed by atoms with Gasteiger partial charge in [-0.1, -0.05) is 34.1 Å². The van der Waals surface area contributed by atoms with E-state index in [1.54, 1.807) is 18.2 Å². The van der Waals surface area contributed by atoms with Crippen LogP contribution in [0.1, 0.15) is 12.0 Å². The topological polar surface area (TPSA) is 6.48 Å². The summed E-state index contributed by atoms with van der Waals surface area (Å²) in [6.07, 6.45) is 1.07. The Morgan fingerprint density at radius 1 is 1.05 bits per heavy atom. The van der Waals surface area contributed by atoms with E-state index < -0.39 is 0 Å². The Hall–Kier alpha value is -1.20. The number of rotatable bonds is 4. The van der Waals surface area contributed by atoms with Crippen LogP contribution in [0, 0.1) is 12.7 Å². The smallest absolute Gasteiger partial charge is 0.128 e. The van der Waals surface area contributed by atoms with Crippen molar-refractivity contribution < 1.29 is 4.39 Å². The summed E-state index contributed by atoms with van der Waals surface area (Å²) in [5, 5.41) is 0.977. The number of nitrogens with zero attached hydrogens (tertiary/aromatic N) is 2. The summed E-state index contributed by atoms with van der Waals surface area (Å²) >= 11 is 5.11. The zero-order valence-electron chi connectivity index (χ0n) is 11.7. The van der Waals surface area contributed by atoms with Crippen molar-refractivity contribution in [1.29, 1.82) is 0 Å². The first-order chi connectivity index (χ1) is 10.2. The van der Waals surface area contributed by atoms with E-state index in [9.17, 15) is 4.39 Å². The van der Waals surface area contributed by atoms with E-state index in [1.807, 2.05) is 25.1 Å². The molecule has 1 heterocycles. The maximum Gasteiger partial charge on any atom is 0.128 e. The number of hydrogen-bond donors (Lipinski definition) is 0. The van der Waals surface area contributed by atoms with Crippen molar-refractivity contribution in [2.24, 2.45) is 0 Å². The molecule has 1 aliphatic rings. The fourth-order valence-corrected chi connectivity index (χ4v) is 3.82. The Balaban J connectivity index is 1.99. The van der Waals surface area contributed by atoms with Gasteiger partial charge in [-0.05, 0) is 37.6 Å². The molecule has 2 nitrogen and oxygen atoms in total. The van der Waals surface area contributed by atoms with Crippen molar-refractivity contribution in [2.75, 3.05) is 20.5 Å². The molecule has 0 unspecified atom stereocenters. The predicted octanol–water partition coefficient (Wildman–Crippen LogP) is 5.44. The standard InChI is InChI=1S/C16H16BrFN2S/c1-12-13(18)6-4-9-14(12)20-16-8-3-2-7-15(16)19(21-20)11-5-10-17/h2-4,6-9H,5,10-11H2,1H3. The van der Waals surface area contributed by atoms with Crippen LogP contribution in [0.3, 0.4) is 0 Å². The second-order valence-corrected chi connectivity index (χ2v) is 6.66. The third-order valence-corrected chi connectivity index (χ3v) is 5.20. The summed E-state index contributed by atoms with van der Waals surface area (Å²) in [5.41, 5.74) is 3.90. The minimum absolute atomic E-state index is 0.163. The summed E-state index contributed by atoms with van der Waals surface area (Å²) in [7, 11) is 0. The molecule has 0 bridgehead atoms. The molecule has 0 spiro atoms. The summed E-state index contributed by atoms with van der Waals surface area (Å²) in [6.45, 7) is 2.78. The van der Waals surface area contributed by atoms with E-state index in [2.05, 4.69) is 36.7 Å². The van der Waals surface area contributed by atoms with E-state index in [0.29, 0.717) is 5.56 Å². The van der Waals surface area contributed by atoms with Crippen molar-refractivity contribution in [3.8, 4) is 0 Å².